The topological polar surface area (TPSA) is 49.3 Å². The standard InChI is InChI=1S/C14H9Cl4NO2/c15-9-4-2-1-3-7(9)14(21)19-6-8-12(18)10(16)5-11(17)13(8)20/h1-5,20H,6H2,(H,19,21). The highest BCUT2D eigenvalue weighted by Crippen LogP contribution is 2.38. The van der Waals surface area contributed by atoms with Crippen LogP contribution in [-0.2, 0) is 6.54 Å². The van der Waals surface area contributed by atoms with Crippen molar-refractivity contribution in [2.75, 3.05) is 0 Å². The molecule has 1 amide bonds. The number of rotatable bonds is 3. The van der Waals surface area contributed by atoms with E-state index in [0.717, 1.165) is 0 Å². The lowest BCUT2D eigenvalue weighted by molar-refractivity contribution is 0.0951. The van der Waals surface area contributed by atoms with Crippen molar-refractivity contribution in [3.8, 4) is 5.75 Å². The van der Waals surface area contributed by atoms with E-state index in [9.17, 15) is 9.90 Å². The van der Waals surface area contributed by atoms with Crippen LogP contribution in [0.2, 0.25) is 20.1 Å². The van der Waals surface area contributed by atoms with Crippen LogP contribution in [0, 0.1) is 0 Å². The summed E-state index contributed by atoms with van der Waals surface area (Å²) >= 11 is 23.6. The molecule has 7 heteroatoms. The number of aromatic hydroxyl groups is 1. The number of phenols is 1. The van der Waals surface area contributed by atoms with Crippen molar-refractivity contribution < 1.29 is 9.90 Å². The average Bonchev–Trinajstić information content (AvgIpc) is 2.45. The fourth-order valence-corrected chi connectivity index (χ4v) is 2.64. The smallest absolute Gasteiger partial charge is 0.253 e. The van der Waals surface area contributed by atoms with Crippen LogP contribution in [-0.4, -0.2) is 11.0 Å². The van der Waals surface area contributed by atoms with E-state index in [1.807, 2.05) is 0 Å². The molecule has 2 N–H and O–H groups in total. The predicted octanol–water partition coefficient (Wildman–Crippen LogP) is 4.94. The summed E-state index contributed by atoms with van der Waals surface area (Å²) in [5.41, 5.74) is 0.567. The van der Waals surface area contributed by atoms with Gasteiger partial charge in [-0.05, 0) is 18.2 Å². The van der Waals surface area contributed by atoms with Crippen molar-refractivity contribution in [2.24, 2.45) is 0 Å². The number of halogens is 4. The first-order valence-corrected chi connectivity index (χ1v) is 7.31. The minimum Gasteiger partial charge on any atom is -0.506 e. The third kappa shape index (κ3) is 3.55. The molecule has 110 valence electrons. The third-order valence-corrected chi connectivity index (χ3v) is 4.23. The molecule has 0 aromatic heterocycles. The summed E-state index contributed by atoms with van der Waals surface area (Å²) in [6.07, 6.45) is 0. The van der Waals surface area contributed by atoms with Crippen LogP contribution in [0.3, 0.4) is 0 Å². The van der Waals surface area contributed by atoms with Crippen molar-refractivity contribution >= 4 is 52.3 Å². The zero-order valence-corrected chi connectivity index (χ0v) is 13.5. The Labute approximate surface area is 141 Å². The van der Waals surface area contributed by atoms with Crippen LogP contribution in [0.5, 0.6) is 5.75 Å². The number of hydrogen-bond acceptors (Lipinski definition) is 2. The van der Waals surface area contributed by atoms with Gasteiger partial charge in [0.05, 0.1) is 25.7 Å². The molecule has 2 aromatic rings. The van der Waals surface area contributed by atoms with Gasteiger partial charge < -0.3 is 10.4 Å². The number of benzene rings is 2. The SMILES string of the molecule is O=C(NCc1c(O)c(Cl)cc(Cl)c1Cl)c1ccccc1Cl. The molecule has 0 heterocycles. The highest BCUT2D eigenvalue weighted by Gasteiger charge is 2.16. The van der Waals surface area contributed by atoms with E-state index in [2.05, 4.69) is 5.32 Å². The Bertz CT molecular complexity index is 677. The van der Waals surface area contributed by atoms with Crippen LogP contribution in [0.4, 0.5) is 0 Å². The van der Waals surface area contributed by atoms with E-state index in [0.29, 0.717) is 10.6 Å². The summed E-state index contributed by atoms with van der Waals surface area (Å²) in [6, 6.07) is 7.95. The number of hydrogen-bond donors (Lipinski definition) is 2. The Morgan fingerprint density at radius 1 is 1.05 bits per heavy atom. The molecule has 0 fully saturated rings. The van der Waals surface area contributed by atoms with Crippen LogP contribution >= 0.6 is 46.4 Å². The Kier molecular flexibility index (Phi) is 5.22. The number of nitrogens with one attached hydrogen (secondary N) is 1. The van der Waals surface area contributed by atoms with Gasteiger partial charge in [0.1, 0.15) is 5.75 Å². The molecule has 0 saturated heterocycles. The lowest BCUT2D eigenvalue weighted by atomic mass is 10.1. The van der Waals surface area contributed by atoms with Crippen LogP contribution in [0.25, 0.3) is 0 Å². The molecule has 2 aromatic carbocycles. The van der Waals surface area contributed by atoms with Gasteiger partial charge in [-0.25, -0.2) is 0 Å². The van der Waals surface area contributed by atoms with Gasteiger partial charge in [0.15, 0.2) is 0 Å². The second kappa shape index (κ2) is 6.75. The van der Waals surface area contributed by atoms with E-state index in [4.69, 9.17) is 46.4 Å². The zero-order valence-electron chi connectivity index (χ0n) is 10.5. The van der Waals surface area contributed by atoms with Crippen LogP contribution in [0.1, 0.15) is 15.9 Å². The highest BCUT2D eigenvalue weighted by molar-refractivity contribution is 6.44. The minimum atomic E-state index is -0.396. The molecule has 0 unspecified atom stereocenters. The molecule has 0 saturated carbocycles. The molecule has 0 atom stereocenters. The molecule has 0 aliphatic heterocycles. The first-order chi connectivity index (χ1) is 9.91. The van der Waals surface area contributed by atoms with Gasteiger partial charge in [-0.15, -0.1) is 0 Å². The zero-order chi connectivity index (χ0) is 15.6. The molecule has 3 nitrogen and oxygen atoms in total. The first kappa shape index (κ1) is 16.2. The van der Waals surface area contributed by atoms with E-state index in [-0.39, 0.29) is 32.9 Å². The van der Waals surface area contributed by atoms with Crippen molar-refractivity contribution in [3.05, 3.63) is 61.5 Å². The molecule has 0 radical (unpaired) electrons. The summed E-state index contributed by atoms with van der Waals surface area (Å²) < 4.78 is 0. The largest absolute Gasteiger partial charge is 0.506 e. The molecular weight excluding hydrogens is 356 g/mol. The van der Waals surface area contributed by atoms with Gasteiger partial charge in [-0.1, -0.05) is 58.5 Å². The summed E-state index contributed by atoms with van der Waals surface area (Å²) in [5.74, 6) is -0.613. The monoisotopic (exact) mass is 363 g/mol. The van der Waals surface area contributed by atoms with Gasteiger partial charge in [0.2, 0.25) is 0 Å². The van der Waals surface area contributed by atoms with Crippen molar-refractivity contribution in [2.45, 2.75) is 6.54 Å². The van der Waals surface area contributed by atoms with E-state index >= 15 is 0 Å². The molecule has 0 bridgehead atoms. The molecule has 0 spiro atoms. The Hall–Kier alpha value is -1.13. The Balaban J connectivity index is 2.21. The lowest BCUT2D eigenvalue weighted by Gasteiger charge is -2.12. The number of amides is 1. The average molecular weight is 365 g/mol. The van der Waals surface area contributed by atoms with E-state index in [1.54, 1.807) is 24.3 Å². The molecule has 0 aliphatic rings. The van der Waals surface area contributed by atoms with Crippen molar-refractivity contribution in [1.82, 2.24) is 5.32 Å². The van der Waals surface area contributed by atoms with Gasteiger partial charge in [0, 0.05) is 12.1 Å². The van der Waals surface area contributed by atoms with Gasteiger partial charge in [-0.3, -0.25) is 4.79 Å². The third-order valence-electron chi connectivity index (χ3n) is 2.78. The number of carbonyl (C=O) groups is 1. The Morgan fingerprint density at radius 3 is 2.38 bits per heavy atom. The predicted molar refractivity (Wildman–Crippen MR) is 85.8 cm³/mol. The quantitative estimate of drug-likeness (QED) is 0.758. The first-order valence-electron chi connectivity index (χ1n) is 5.80. The molecule has 0 aliphatic carbocycles. The van der Waals surface area contributed by atoms with Gasteiger partial charge >= 0.3 is 0 Å². The van der Waals surface area contributed by atoms with E-state index < -0.39 is 5.91 Å². The maximum absolute atomic E-state index is 12.0. The fourth-order valence-electron chi connectivity index (χ4n) is 1.71. The minimum absolute atomic E-state index is 0.0327. The molecular formula is C14H9Cl4NO2. The maximum Gasteiger partial charge on any atom is 0.253 e. The normalized spacial score (nSPS) is 10.5. The van der Waals surface area contributed by atoms with Gasteiger partial charge in [0.25, 0.3) is 5.91 Å². The summed E-state index contributed by atoms with van der Waals surface area (Å²) in [6.45, 7) is -0.0327. The van der Waals surface area contributed by atoms with E-state index in [1.165, 1.54) is 6.07 Å². The van der Waals surface area contributed by atoms with Gasteiger partial charge in [-0.2, -0.15) is 0 Å². The lowest BCUT2D eigenvalue weighted by Crippen LogP contribution is -2.23. The highest BCUT2D eigenvalue weighted by atomic mass is 35.5. The maximum atomic E-state index is 12.0. The van der Waals surface area contributed by atoms with Crippen LogP contribution in [0.15, 0.2) is 30.3 Å². The van der Waals surface area contributed by atoms with Crippen molar-refractivity contribution in [3.63, 3.8) is 0 Å². The Morgan fingerprint density at radius 2 is 1.71 bits per heavy atom. The summed E-state index contributed by atoms with van der Waals surface area (Å²) in [7, 11) is 0. The summed E-state index contributed by atoms with van der Waals surface area (Å²) in [5, 5.41) is 13.2. The molecule has 2 rings (SSSR count). The number of carbonyl (C=O) groups excluding carboxylic acids is 1. The second-order valence-electron chi connectivity index (χ2n) is 4.14. The van der Waals surface area contributed by atoms with Crippen molar-refractivity contribution in [1.29, 1.82) is 0 Å². The van der Waals surface area contributed by atoms with Crippen LogP contribution < -0.4 is 5.32 Å². The molecule has 21 heavy (non-hydrogen) atoms. The number of phenolic OH excluding ortho intramolecular Hbond substituents is 1. The fraction of sp³-hybridized carbons (Fsp3) is 0.0714. The second-order valence-corrected chi connectivity index (χ2v) is 5.74. The summed E-state index contributed by atoms with van der Waals surface area (Å²) in [4.78, 5) is 12.0.